The lowest BCUT2D eigenvalue weighted by Gasteiger charge is -2.26. The summed E-state index contributed by atoms with van der Waals surface area (Å²) in [7, 11) is 0. The number of amides is 1. The number of hydrogen-bond donors (Lipinski definition) is 0. The monoisotopic (exact) mass is 403 g/mol. The van der Waals surface area contributed by atoms with Crippen LogP contribution in [0.2, 0.25) is 0 Å². The van der Waals surface area contributed by atoms with E-state index in [1.54, 1.807) is 4.90 Å². The van der Waals surface area contributed by atoms with Gasteiger partial charge >= 0.3 is 5.97 Å². The number of aromatic nitrogens is 2. The van der Waals surface area contributed by atoms with Crippen LogP contribution in [0.5, 0.6) is 5.75 Å². The zero-order valence-corrected chi connectivity index (χ0v) is 14.4. The van der Waals surface area contributed by atoms with Gasteiger partial charge in [-0.15, -0.1) is 0 Å². The average molecular weight is 403 g/mol. The van der Waals surface area contributed by atoms with E-state index in [-0.39, 0.29) is 18.0 Å². The lowest BCUT2D eigenvalue weighted by atomic mass is 10.1. The average Bonchev–Trinajstić information content (AvgIpc) is 3.17. The van der Waals surface area contributed by atoms with Crippen LogP contribution in [0, 0.1) is 29.1 Å². The van der Waals surface area contributed by atoms with Gasteiger partial charge in [-0.25, -0.2) is 18.0 Å². The highest BCUT2D eigenvalue weighted by molar-refractivity contribution is 5.90. The summed E-state index contributed by atoms with van der Waals surface area (Å²) >= 11 is 0. The number of rotatable bonds is 4. The summed E-state index contributed by atoms with van der Waals surface area (Å²) in [4.78, 5) is 25.8. The van der Waals surface area contributed by atoms with Crippen molar-refractivity contribution < 1.29 is 36.3 Å². The van der Waals surface area contributed by atoms with Crippen LogP contribution in [0.3, 0.4) is 0 Å². The molecule has 0 atom stereocenters. The molecule has 1 aliphatic heterocycles. The molecule has 0 aliphatic carbocycles. The van der Waals surface area contributed by atoms with Crippen molar-refractivity contribution in [1.29, 1.82) is 0 Å². The van der Waals surface area contributed by atoms with Gasteiger partial charge in [-0.05, 0) is 19.3 Å². The molecule has 11 heteroatoms. The topological polar surface area (TPSA) is 64.4 Å². The maximum Gasteiger partial charge on any atom is 0.346 e. The van der Waals surface area contributed by atoms with Gasteiger partial charge in [0.2, 0.25) is 40.7 Å². The number of carbonyl (C=O) groups is 2. The van der Waals surface area contributed by atoms with E-state index >= 15 is 0 Å². The first kappa shape index (κ1) is 19.8. The highest BCUT2D eigenvalue weighted by Gasteiger charge is 2.29. The van der Waals surface area contributed by atoms with Crippen molar-refractivity contribution in [2.45, 2.75) is 25.8 Å². The van der Waals surface area contributed by atoms with E-state index in [9.17, 15) is 31.5 Å². The molecule has 1 saturated heterocycles. The Morgan fingerprint density at radius 3 is 2.11 bits per heavy atom. The van der Waals surface area contributed by atoms with Crippen LogP contribution < -0.4 is 4.74 Å². The number of hydrogen-bond acceptors (Lipinski definition) is 4. The fourth-order valence-electron chi connectivity index (χ4n) is 2.76. The van der Waals surface area contributed by atoms with Gasteiger partial charge in [-0.2, -0.15) is 13.9 Å². The van der Waals surface area contributed by atoms with Crippen molar-refractivity contribution in [3.05, 3.63) is 47.0 Å². The Hall–Kier alpha value is -2.98. The molecule has 2 heterocycles. The van der Waals surface area contributed by atoms with Gasteiger partial charge in [0.25, 0.3) is 0 Å². The van der Waals surface area contributed by atoms with Crippen LogP contribution >= 0.6 is 0 Å². The zero-order chi connectivity index (χ0) is 20.4. The SMILES string of the molecule is O=C(Oc1c(F)c(F)c(F)c(F)c1F)c1cnn(CC(=O)N2CCCCC2)c1. The maximum atomic E-state index is 13.6. The van der Waals surface area contributed by atoms with Crippen molar-refractivity contribution >= 4 is 11.9 Å². The van der Waals surface area contributed by atoms with Gasteiger partial charge in [0, 0.05) is 19.3 Å². The number of benzene rings is 1. The summed E-state index contributed by atoms with van der Waals surface area (Å²) in [6, 6.07) is 0. The molecule has 0 unspecified atom stereocenters. The van der Waals surface area contributed by atoms with Gasteiger partial charge < -0.3 is 9.64 Å². The third kappa shape index (κ3) is 3.82. The normalized spacial score (nSPS) is 14.2. The van der Waals surface area contributed by atoms with E-state index < -0.39 is 40.8 Å². The molecule has 150 valence electrons. The van der Waals surface area contributed by atoms with Crippen LogP contribution in [0.25, 0.3) is 0 Å². The van der Waals surface area contributed by atoms with Crippen LogP contribution in [0.1, 0.15) is 29.6 Å². The van der Waals surface area contributed by atoms with E-state index in [1.807, 2.05) is 0 Å². The largest absolute Gasteiger partial charge is 0.416 e. The number of halogens is 5. The smallest absolute Gasteiger partial charge is 0.346 e. The second-order valence-corrected chi connectivity index (χ2v) is 6.16. The molecule has 1 aromatic carbocycles. The van der Waals surface area contributed by atoms with Gasteiger partial charge in [-0.3, -0.25) is 9.48 Å². The molecular formula is C17H14F5N3O3. The molecule has 2 aromatic rings. The molecule has 1 amide bonds. The van der Waals surface area contributed by atoms with Crippen molar-refractivity contribution in [3.63, 3.8) is 0 Å². The molecule has 1 aromatic heterocycles. The number of esters is 1. The number of nitrogens with zero attached hydrogens (tertiary/aromatic N) is 3. The molecule has 1 fully saturated rings. The first-order valence-corrected chi connectivity index (χ1v) is 8.33. The van der Waals surface area contributed by atoms with Crippen LogP contribution in [-0.4, -0.2) is 39.6 Å². The summed E-state index contributed by atoms with van der Waals surface area (Å²) in [5.41, 5.74) is -0.324. The third-order valence-corrected chi connectivity index (χ3v) is 4.24. The minimum Gasteiger partial charge on any atom is -0.416 e. The number of ether oxygens (including phenoxy) is 1. The summed E-state index contributed by atoms with van der Waals surface area (Å²) in [5.74, 6) is -14.7. The molecule has 0 N–H and O–H groups in total. The predicted octanol–water partition coefficient (Wildman–Crippen LogP) is 2.81. The quantitative estimate of drug-likeness (QED) is 0.259. The van der Waals surface area contributed by atoms with Crippen molar-refractivity contribution in [3.8, 4) is 5.75 Å². The van der Waals surface area contributed by atoms with Gasteiger partial charge in [-0.1, -0.05) is 0 Å². The molecule has 1 aliphatic rings. The Morgan fingerprint density at radius 2 is 1.50 bits per heavy atom. The first-order valence-electron chi connectivity index (χ1n) is 8.33. The number of piperidine rings is 1. The summed E-state index contributed by atoms with van der Waals surface area (Å²) in [6.45, 7) is 1.07. The van der Waals surface area contributed by atoms with Crippen molar-refractivity contribution in [1.82, 2.24) is 14.7 Å². The predicted molar refractivity (Wildman–Crippen MR) is 83.8 cm³/mol. The fraction of sp³-hybridized carbons (Fsp3) is 0.353. The van der Waals surface area contributed by atoms with Gasteiger partial charge in [0.1, 0.15) is 6.54 Å². The lowest BCUT2D eigenvalue weighted by Crippen LogP contribution is -2.37. The van der Waals surface area contributed by atoms with Crippen LogP contribution in [0.4, 0.5) is 22.0 Å². The minimum atomic E-state index is -2.36. The molecule has 6 nitrogen and oxygen atoms in total. The Labute approximate surface area is 155 Å². The van der Waals surface area contributed by atoms with Crippen molar-refractivity contribution in [2.24, 2.45) is 0 Å². The Morgan fingerprint density at radius 1 is 0.929 bits per heavy atom. The van der Waals surface area contributed by atoms with E-state index in [0.717, 1.165) is 36.3 Å². The summed E-state index contributed by atoms with van der Waals surface area (Å²) in [5, 5.41) is 3.78. The fourth-order valence-corrected chi connectivity index (χ4v) is 2.76. The van der Waals surface area contributed by atoms with Gasteiger partial charge in [0.15, 0.2) is 0 Å². The minimum absolute atomic E-state index is 0.171. The van der Waals surface area contributed by atoms with Crippen LogP contribution in [0.15, 0.2) is 12.4 Å². The molecular weight excluding hydrogens is 389 g/mol. The molecule has 0 spiro atoms. The lowest BCUT2D eigenvalue weighted by molar-refractivity contribution is -0.132. The standard InChI is InChI=1S/C17H14F5N3O3/c18-11-12(19)14(21)16(15(22)13(11)20)28-17(27)9-6-23-25(7-9)8-10(26)24-4-2-1-3-5-24/h6-7H,1-5,8H2. The Kier molecular flexibility index (Phi) is 5.61. The molecule has 3 rings (SSSR count). The summed E-state index contributed by atoms with van der Waals surface area (Å²) in [6.07, 6.45) is 4.86. The highest BCUT2D eigenvalue weighted by Crippen LogP contribution is 2.29. The first-order chi connectivity index (χ1) is 13.3. The second-order valence-electron chi connectivity index (χ2n) is 6.16. The number of carbonyl (C=O) groups excluding carboxylic acids is 2. The van der Waals surface area contributed by atoms with E-state index in [1.165, 1.54) is 0 Å². The molecule has 0 radical (unpaired) electrons. The Bertz CT molecular complexity index is 896. The second kappa shape index (κ2) is 7.95. The zero-order valence-electron chi connectivity index (χ0n) is 14.4. The maximum absolute atomic E-state index is 13.6. The Balaban J connectivity index is 1.72. The highest BCUT2D eigenvalue weighted by atomic mass is 19.2. The third-order valence-electron chi connectivity index (χ3n) is 4.24. The summed E-state index contributed by atoms with van der Waals surface area (Å²) < 4.78 is 72.0. The van der Waals surface area contributed by atoms with Crippen molar-refractivity contribution in [2.75, 3.05) is 13.1 Å². The van der Waals surface area contributed by atoms with Gasteiger partial charge in [0.05, 0.1) is 11.8 Å². The molecule has 0 saturated carbocycles. The van der Waals surface area contributed by atoms with E-state index in [4.69, 9.17) is 0 Å². The molecule has 28 heavy (non-hydrogen) atoms. The molecule has 0 bridgehead atoms. The van der Waals surface area contributed by atoms with E-state index in [2.05, 4.69) is 9.84 Å². The van der Waals surface area contributed by atoms with Crippen LogP contribution in [-0.2, 0) is 11.3 Å². The number of likely N-dealkylation sites (tertiary alicyclic amines) is 1. The van der Waals surface area contributed by atoms with E-state index in [0.29, 0.717) is 13.1 Å².